The molecule has 2 aromatic rings. The molecule has 20 heavy (non-hydrogen) atoms. The van der Waals surface area contributed by atoms with Gasteiger partial charge in [0.1, 0.15) is 12.0 Å². The molecule has 0 atom stereocenters. The average molecular weight is 270 g/mol. The smallest absolute Gasteiger partial charge is 0.364 e. The lowest BCUT2D eigenvalue weighted by Crippen LogP contribution is -2.15. The molecule has 0 saturated heterocycles. The molecule has 0 unspecified atom stereocenters. The molecule has 5 heteroatoms. The zero-order chi connectivity index (χ0) is 14.7. The normalized spacial score (nSPS) is 10.2. The van der Waals surface area contributed by atoms with Crippen molar-refractivity contribution in [1.29, 1.82) is 0 Å². The van der Waals surface area contributed by atoms with Crippen LogP contribution in [0.2, 0.25) is 0 Å². The fraction of sp³-hybridized carbons (Fsp3) is 0.200. The molecule has 0 spiro atoms. The molecule has 0 radical (unpaired) electrons. The highest BCUT2D eigenvalue weighted by atomic mass is 16.5. The van der Waals surface area contributed by atoms with Crippen molar-refractivity contribution in [1.82, 2.24) is 9.97 Å². The quantitative estimate of drug-likeness (QED) is 0.486. The Labute approximate surface area is 116 Å². The molecule has 1 heterocycles. The number of rotatable bonds is 3. The van der Waals surface area contributed by atoms with Crippen LogP contribution in [-0.4, -0.2) is 22.2 Å². The minimum absolute atomic E-state index is 0.201. The monoisotopic (exact) mass is 270 g/mol. The van der Waals surface area contributed by atoms with Crippen LogP contribution in [0.4, 0.5) is 0 Å². The molecule has 0 bridgehead atoms. The van der Waals surface area contributed by atoms with E-state index in [-0.39, 0.29) is 5.69 Å². The number of nitrogens with zero attached hydrogens (tertiary/aromatic N) is 2. The van der Waals surface area contributed by atoms with Crippen molar-refractivity contribution in [3.05, 3.63) is 52.6 Å². The molecule has 0 aliphatic carbocycles. The summed E-state index contributed by atoms with van der Waals surface area (Å²) in [4.78, 5) is 31.1. The minimum Gasteiger partial charge on any atom is -0.422 e. The summed E-state index contributed by atoms with van der Waals surface area (Å²) >= 11 is 0. The number of hydrogen-bond donors (Lipinski definition) is 0. The van der Waals surface area contributed by atoms with Gasteiger partial charge in [-0.2, -0.15) is 0 Å². The average Bonchev–Trinajstić information content (AvgIpc) is 2.43. The van der Waals surface area contributed by atoms with Crippen molar-refractivity contribution in [2.45, 2.75) is 20.8 Å². The maximum absolute atomic E-state index is 12.1. The van der Waals surface area contributed by atoms with Crippen LogP contribution in [0, 0.1) is 20.8 Å². The zero-order valence-corrected chi connectivity index (χ0v) is 11.5. The molecule has 2 rings (SSSR count). The third-order valence-corrected chi connectivity index (χ3v) is 2.90. The molecule has 1 aromatic carbocycles. The molecule has 0 aliphatic heterocycles. The zero-order valence-electron chi connectivity index (χ0n) is 11.5. The van der Waals surface area contributed by atoms with Gasteiger partial charge in [-0.3, -0.25) is 9.78 Å². The Balaban J connectivity index is 2.23. The third kappa shape index (κ3) is 2.88. The molecule has 1 aromatic heterocycles. The van der Waals surface area contributed by atoms with Crippen LogP contribution < -0.4 is 4.74 Å². The van der Waals surface area contributed by atoms with Gasteiger partial charge >= 0.3 is 5.97 Å². The van der Waals surface area contributed by atoms with Crippen molar-refractivity contribution in [3.8, 4) is 5.75 Å². The number of carbonyl (C=O) groups excluding carboxylic acids is 2. The summed E-state index contributed by atoms with van der Waals surface area (Å²) in [7, 11) is 0. The second kappa shape index (κ2) is 5.61. The van der Waals surface area contributed by atoms with Crippen LogP contribution in [0.5, 0.6) is 5.75 Å². The van der Waals surface area contributed by atoms with Gasteiger partial charge in [-0.25, -0.2) is 9.78 Å². The summed E-state index contributed by atoms with van der Waals surface area (Å²) in [5.41, 5.74) is 2.73. The van der Waals surface area contributed by atoms with Crippen molar-refractivity contribution in [2.75, 3.05) is 0 Å². The summed E-state index contributed by atoms with van der Waals surface area (Å²) < 4.78 is 5.22. The number of esters is 1. The van der Waals surface area contributed by atoms with E-state index in [0.717, 1.165) is 12.0 Å². The topological polar surface area (TPSA) is 69.2 Å². The molecular formula is C15H14N2O3. The summed E-state index contributed by atoms with van der Waals surface area (Å²) in [5, 5.41) is 0. The Morgan fingerprint density at radius 2 is 1.60 bits per heavy atom. The number of aryl methyl sites for hydroxylation is 3. The van der Waals surface area contributed by atoms with Crippen molar-refractivity contribution in [3.63, 3.8) is 0 Å². The number of benzene rings is 1. The first-order valence-electron chi connectivity index (χ1n) is 6.10. The maximum Gasteiger partial charge on any atom is 0.364 e. The highest BCUT2D eigenvalue weighted by Gasteiger charge is 2.16. The second-order valence-electron chi connectivity index (χ2n) is 4.40. The molecule has 0 amide bonds. The summed E-state index contributed by atoms with van der Waals surface area (Å²) in [6.07, 6.45) is 0.727. The van der Waals surface area contributed by atoms with E-state index in [4.69, 9.17) is 4.74 Å². The van der Waals surface area contributed by atoms with Gasteiger partial charge in [-0.1, -0.05) is 0 Å². The lowest BCUT2D eigenvalue weighted by Gasteiger charge is -2.08. The predicted octanol–water partition coefficient (Wildman–Crippen LogP) is 2.43. The Hall–Kier alpha value is -2.56. The van der Waals surface area contributed by atoms with E-state index < -0.39 is 5.97 Å². The molecule has 0 saturated carbocycles. The van der Waals surface area contributed by atoms with Crippen LogP contribution >= 0.6 is 0 Å². The van der Waals surface area contributed by atoms with E-state index in [1.807, 2.05) is 6.92 Å². The van der Waals surface area contributed by atoms with Crippen molar-refractivity contribution in [2.24, 2.45) is 0 Å². The van der Waals surface area contributed by atoms with Crippen LogP contribution in [0.25, 0.3) is 0 Å². The maximum atomic E-state index is 12.1. The highest BCUT2D eigenvalue weighted by Crippen LogP contribution is 2.14. The van der Waals surface area contributed by atoms with Crippen LogP contribution in [-0.2, 0) is 0 Å². The van der Waals surface area contributed by atoms with Crippen molar-refractivity contribution >= 4 is 12.3 Å². The predicted molar refractivity (Wildman–Crippen MR) is 73.0 cm³/mol. The van der Waals surface area contributed by atoms with Crippen molar-refractivity contribution < 1.29 is 14.3 Å². The van der Waals surface area contributed by atoms with E-state index in [1.165, 1.54) is 0 Å². The van der Waals surface area contributed by atoms with Gasteiger partial charge in [0.05, 0.1) is 17.1 Å². The Kier molecular flexibility index (Phi) is 3.89. The van der Waals surface area contributed by atoms with E-state index in [9.17, 15) is 9.59 Å². The number of hydrogen-bond acceptors (Lipinski definition) is 5. The van der Waals surface area contributed by atoms with E-state index in [2.05, 4.69) is 9.97 Å². The molecule has 5 nitrogen and oxygen atoms in total. The van der Waals surface area contributed by atoms with Gasteiger partial charge in [-0.05, 0) is 45.0 Å². The van der Waals surface area contributed by atoms with Gasteiger partial charge in [0.25, 0.3) is 0 Å². The minimum atomic E-state index is -0.558. The Bertz CT molecular complexity index is 664. The number of carbonyl (C=O) groups is 2. The van der Waals surface area contributed by atoms with E-state index in [1.54, 1.807) is 38.1 Å². The first-order valence-corrected chi connectivity index (χ1v) is 6.10. The van der Waals surface area contributed by atoms with Crippen LogP contribution in [0.15, 0.2) is 24.3 Å². The van der Waals surface area contributed by atoms with E-state index in [0.29, 0.717) is 22.7 Å². The van der Waals surface area contributed by atoms with Gasteiger partial charge in [0, 0.05) is 5.56 Å². The van der Waals surface area contributed by atoms with Gasteiger partial charge in [-0.15, -0.1) is 0 Å². The Morgan fingerprint density at radius 1 is 1.00 bits per heavy atom. The lowest BCUT2D eigenvalue weighted by atomic mass is 10.2. The summed E-state index contributed by atoms with van der Waals surface area (Å²) in [6.45, 7) is 5.34. The van der Waals surface area contributed by atoms with Gasteiger partial charge < -0.3 is 4.74 Å². The number of aromatic nitrogens is 2. The standard InChI is InChI=1S/C15H14N2O3/c1-9-10(2)17-14(11(3)16-9)15(19)20-13-6-4-12(8-18)5-7-13/h4-8H,1-3H3. The first-order chi connectivity index (χ1) is 9.51. The lowest BCUT2D eigenvalue weighted by molar-refractivity contribution is 0.0727. The molecular weight excluding hydrogens is 256 g/mol. The van der Waals surface area contributed by atoms with E-state index >= 15 is 0 Å². The molecule has 0 N–H and O–H groups in total. The van der Waals surface area contributed by atoms with Crippen LogP contribution in [0.1, 0.15) is 37.9 Å². The van der Waals surface area contributed by atoms with Gasteiger partial charge in [0.15, 0.2) is 5.69 Å². The molecule has 0 aliphatic rings. The number of aldehydes is 1. The van der Waals surface area contributed by atoms with Crippen LogP contribution in [0.3, 0.4) is 0 Å². The second-order valence-corrected chi connectivity index (χ2v) is 4.40. The third-order valence-electron chi connectivity index (χ3n) is 2.90. The summed E-state index contributed by atoms with van der Waals surface area (Å²) in [5.74, 6) is -0.197. The Morgan fingerprint density at radius 3 is 2.20 bits per heavy atom. The largest absolute Gasteiger partial charge is 0.422 e. The first kappa shape index (κ1) is 13.9. The fourth-order valence-corrected chi connectivity index (χ4v) is 1.68. The SMILES string of the molecule is Cc1nc(C)c(C(=O)Oc2ccc(C=O)cc2)nc1C. The van der Waals surface area contributed by atoms with Gasteiger partial charge in [0.2, 0.25) is 0 Å². The molecule has 102 valence electrons. The highest BCUT2D eigenvalue weighted by molar-refractivity contribution is 5.90. The number of ether oxygens (including phenoxy) is 1. The summed E-state index contributed by atoms with van der Waals surface area (Å²) in [6, 6.07) is 6.28. The fourth-order valence-electron chi connectivity index (χ4n) is 1.68. The molecule has 0 fully saturated rings.